The van der Waals surface area contributed by atoms with Gasteiger partial charge in [-0.2, -0.15) is 0 Å². The smallest absolute Gasteiger partial charge is 0.255 e. The summed E-state index contributed by atoms with van der Waals surface area (Å²) in [7, 11) is 0. The summed E-state index contributed by atoms with van der Waals surface area (Å²) in [6.07, 6.45) is 0. The van der Waals surface area contributed by atoms with Gasteiger partial charge in [0.1, 0.15) is 5.82 Å². The van der Waals surface area contributed by atoms with Gasteiger partial charge in [-0.3, -0.25) is 4.79 Å². The Kier molecular flexibility index (Phi) is 4.45. The van der Waals surface area contributed by atoms with Gasteiger partial charge in [0.05, 0.1) is 20.2 Å². The lowest BCUT2D eigenvalue weighted by Gasteiger charge is -2.08. The predicted molar refractivity (Wildman–Crippen MR) is 78.5 cm³/mol. The zero-order valence-corrected chi connectivity index (χ0v) is 12.5. The molecule has 2 aromatic carbocycles. The standard InChI is InChI=1S/C13H7BrCl2FNO/c14-8-6-7(4-5-10(8)17)13(19)18-11-3-1-2-9(15)12(11)16/h1-6H,(H,18,19). The fourth-order valence-electron chi connectivity index (χ4n) is 1.43. The molecule has 0 bridgehead atoms. The zero-order valence-electron chi connectivity index (χ0n) is 9.38. The Labute approximate surface area is 127 Å². The molecule has 2 rings (SSSR count). The molecule has 0 aliphatic carbocycles. The number of hydrogen-bond acceptors (Lipinski definition) is 1. The summed E-state index contributed by atoms with van der Waals surface area (Å²) >= 11 is 14.8. The van der Waals surface area contributed by atoms with Crippen LogP contribution in [0.3, 0.4) is 0 Å². The maximum atomic E-state index is 13.1. The number of nitrogens with one attached hydrogen (secondary N) is 1. The highest BCUT2D eigenvalue weighted by Gasteiger charge is 2.11. The van der Waals surface area contributed by atoms with Crippen LogP contribution in [-0.4, -0.2) is 5.91 Å². The minimum atomic E-state index is -0.433. The number of carbonyl (C=O) groups is 1. The molecule has 1 amide bonds. The largest absolute Gasteiger partial charge is 0.321 e. The van der Waals surface area contributed by atoms with Crippen molar-refractivity contribution in [2.45, 2.75) is 0 Å². The van der Waals surface area contributed by atoms with E-state index in [2.05, 4.69) is 21.2 Å². The molecule has 0 saturated heterocycles. The van der Waals surface area contributed by atoms with Crippen molar-refractivity contribution in [1.29, 1.82) is 0 Å². The van der Waals surface area contributed by atoms with Crippen LogP contribution in [0.15, 0.2) is 40.9 Å². The van der Waals surface area contributed by atoms with Crippen LogP contribution in [0.25, 0.3) is 0 Å². The normalized spacial score (nSPS) is 10.3. The molecule has 0 spiro atoms. The first-order valence-corrected chi connectivity index (χ1v) is 6.74. The molecular weight excluding hydrogens is 356 g/mol. The van der Waals surface area contributed by atoms with E-state index in [4.69, 9.17) is 23.2 Å². The van der Waals surface area contributed by atoms with E-state index in [1.54, 1.807) is 18.2 Å². The second-order valence-corrected chi connectivity index (χ2v) is 5.32. The Bertz CT molecular complexity index is 649. The van der Waals surface area contributed by atoms with E-state index in [0.717, 1.165) is 0 Å². The van der Waals surface area contributed by atoms with Crippen LogP contribution in [0.5, 0.6) is 0 Å². The molecule has 0 atom stereocenters. The molecule has 6 heteroatoms. The van der Waals surface area contributed by atoms with Gasteiger partial charge in [-0.25, -0.2) is 4.39 Å². The van der Waals surface area contributed by atoms with Gasteiger partial charge in [0, 0.05) is 5.56 Å². The molecule has 0 aromatic heterocycles. The highest BCUT2D eigenvalue weighted by molar-refractivity contribution is 9.10. The van der Waals surface area contributed by atoms with Crippen LogP contribution in [0.2, 0.25) is 10.0 Å². The van der Waals surface area contributed by atoms with Gasteiger partial charge in [-0.1, -0.05) is 29.3 Å². The van der Waals surface area contributed by atoms with Crippen LogP contribution >= 0.6 is 39.1 Å². The summed E-state index contributed by atoms with van der Waals surface area (Å²) in [5.74, 6) is -0.831. The minimum Gasteiger partial charge on any atom is -0.321 e. The molecule has 0 fully saturated rings. The van der Waals surface area contributed by atoms with E-state index in [9.17, 15) is 9.18 Å². The first kappa shape index (κ1) is 14.3. The molecule has 98 valence electrons. The van der Waals surface area contributed by atoms with Crippen LogP contribution in [-0.2, 0) is 0 Å². The molecule has 1 N–H and O–H groups in total. The van der Waals surface area contributed by atoms with Crippen LogP contribution in [0.4, 0.5) is 10.1 Å². The third-order valence-electron chi connectivity index (χ3n) is 2.38. The summed E-state index contributed by atoms with van der Waals surface area (Å²) in [6, 6.07) is 8.90. The van der Waals surface area contributed by atoms with Gasteiger partial charge in [-0.15, -0.1) is 0 Å². The van der Waals surface area contributed by atoms with Gasteiger partial charge < -0.3 is 5.32 Å². The number of carbonyl (C=O) groups excluding carboxylic acids is 1. The third kappa shape index (κ3) is 3.26. The molecule has 2 aromatic rings. The second kappa shape index (κ2) is 5.90. The van der Waals surface area contributed by atoms with E-state index in [-0.39, 0.29) is 9.50 Å². The molecule has 0 aliphatic rings. The van der Waals surface area contributed by atoms with Crippen molar-refractivity contribution in [2.24, 2.45) is 0 Å². The third-order valence-corrected chi connectivity index (χ3v) is 3.81. The Morgan fingerprint density at radius 2 is 1.95 bits per heavy atom. The Morgan fingerprint density at radius 1 is 1.21 bits per heavy atom. The van der Waals surface area contributed by atoms with E-state index in [1.165, 1.54) is 18.2 Å². The first-order valence-electron chi connectivity index (χ1n) is 5.19. The molecule has 0 aliphatic heterocycles. The van der Waals surface area contributed by atoms with E-state index in [0.29, 0.717) is 16.3 Å². The maximum absolute atomic E-state index is 13.1. The average molecular weight is 363 g/mol. The highest BCUT2D eigenvalue weighted by Crippen LogP contribution is 2.30. The summed E-state index contributed by atoms with van der Waals surface area (Å²) in [5.41, 5.74) is 0.712. The molecule has 0 radical (unpaired) electrons. The minimum absolute atomic E-state index is 0.220. The number of amides is 1. The summed E-state index contributed by atoms with van der Waals surface area (Å²) in [4.78, 5) is 12.0. The van der Waals surface area contributed by atoms with Crippen molar-refractivity contribution in [3.63, 3.8) is 0 Å². The van der Waals surface area contributed by atoms with Gasteiger partial charge >= 0.3 is 0 Å². The maximum Gasteiger partial charge on any atom is 0.255 e. The fraction of sp³-hybridized carbons (Fsp3) is 0. The summed E-state index contributed by atoms with van der Waals surface area (Å²) in [5, 5.41) is 3.23. The second-order valence-electron chi connectivity index (χ2n) is 3.68. The predicted octanol–water partition coefficient (Wildman–Crippen LogP) is 5.15. The number of benzene rings is 2. The molecule has 0 saturated carbocycles. The average Bonchev–Trinajstić information content (AvgIpc) is 2.38. The van der Waals surface area contributed by atoms with Crippen LogP contribution in [0.1, 0.15) is 10.4 Å². The Balaban J connectivity index is 2.26. The molecular formula is C13H7BrCl2FNO. The van der Waals surface area contributed by atoms with E-state index < -0.39 is 11.7 Å². The first-order chi connectivity index (χ1) is 8.99. The van der Waals surface area contributed by atoms with Crippen LogP contribution < -0.4 is 5.32 Å². The van der Waals surface area contributed by atoms with Crippen LogP contribution in [0, 0.1) is 5.82 Å². The highest BCUT2D eigenvalue weighted by atomic mass is 79.9. The van der Waals surface area contributed by atoms with Gasteiger partial charge in [-0.05, 0) is 46.3 Å². The summed E-state index contributed by atoms with van der Waals surface area (Å²) in [6.45, 7) is 0. The molecule has 0 heterocycles. The monoisotopic (exact) mass is 361 g/mol. The van der Waals surface area contributed by atoms with Crippen molar-refractivity contribution < 1.29 is 9.18 Å². The lowest BCUT2D eigenvalue weighted by atomic mass is 10.2. The van der Waals surface area contributed by atoms with Gasteiger partial charge in [0.25, 0.3) is 5.91 Å². The lowest BCUT2D eigenvalue weighted by molar-refractivity contribution is 0.102. The molecule has 2 nitrogen and oxygen atoms in total. The van der Waals surface area contributed by atoms with Gasteiger partial charge in [0.2, 0.25) is 0 Å². The van der Waals surface area contributed by atoms with E-state index in [1.807, 2.05) is 0 Å². The van der Waals surface area contributed by atoms with Crippen molar-refractivity contribution in [3.8, 4) is 0 Å². The molecule has 19 heavy (non-hydrogen) atoms. The topological polar surface area (TPSA) is 29.1 Å². The summed E-state index contributed by atoms with van der Waals surface area (Å²) < 4.78 is 13.3. The molecule has 0 unspecified atom stereocenters. The number of rotatable bonds is 2. The van der Waals surface area contributed by atoms with Crippen molar-refractivity contribution in [3.05, 3.63) is 62.3 Å². The fourth-order valence-corrected chi connectivity index (χ4v) is 2.16. The Morgan fingerprint density at radius 3 is 2.63 bits per heavy atom. The number of anilines is 1. The number of halogens is 4. The Hall–Kier alpha value is -1.10. The van der Waals surface area contributed by atoms with Gasteiger partial charge in [0.15, 0.2) is 0 Å². The zero-order chi connectivity index (χ0) is 14.0. The SMILES string of the molecule is O=C(Nc1cccc(Cl)c1Cl)c1ccc(F)c(Br)c1. The number of hydrogen-bond donors (Lipinski definition) is 1. The van der Waals surface area contributed by atoms with Crippen molar-refractivity contribution >= 4 is 50.7 Å². The van der Waals surface area contributed by atoms with Crippen molar-refractivity contribution in [1.82, 2.24) is 0 Å². The van der Waals surface area contributed by atoms with Crippen molar-refractivity contribution in [2.75, 3.05) is 5.32 Å². The van der Waals surface area contributed by atoms with E-state index >= 15 is 0 Å². The lowest BCUT2D eigenvalue weighted by Crippen LogP contribution is -2.12. The quantitative estimate of drug-likeness (QED) is 0.786.